The molecule has 3 heteroatoms. The third-order valence-corrected chi connectivity index (χ3v) is 3.06. The molecule has 0 bridgehead atoms. The highest BCUT2D eigenvalue weighted by Gasteiger charge is 2.05. The fraction of sp³-hybridized carbons (Fsp3) is 0.357. The van der Waals surface area contributed by atoms with E-state index in [0.29, 0.717) is 6.04 Å². The SMILES string of the molecule is CCn1cccc1CN[C@@H](C)c1ccncc1. The molecule has 1 N–H and O–H groups in total. The van der Waals surface area contributed by atoms with Gasteiger partial charge in [-0.2, -0.15) is 0 Å². The molecule has 3 nitrogen and oxygen atoms in total. The fourth-order valence-corrected chi connectivity index (χ4v) is 1.95. The van der Waals surface area contributed by atoms with Crippen LogP contribution in [0.5, 0.6) is 0 Å². The van der Waals surface area contributed by atoms with Crippen LogP contribution in [0.3, 0.4) is 0 Å². The van der Waals surface area contributed by atoms with Crippen molar-refractivity contribution in [2.45, 2.75) is 33.0 Å². The summed E-state index contributed by atoms with van der Waals surface area (Å²) in [5.41, 5.74) is 2.60. The van der Waals surface area contributed by atoms with E-state index in [2.05, 4.69) is 59.2 Å². The second-order valence-electron chi connectivity index (χ2n) is 4.17. The van der Waals surface area contributed by atoms with Gasteiger partial charge in [-0.25, -0.2) is 0 Å². The third kappa shape index (κ3) is 2.94. The van der Waals surface area contributed by atoms with E-state index in [1.807, 2.05) is 12.4 Å². The van der Waals surface area contributed by atoms with Crippen molar-refractivity contribution in [1.82, 2.24) is 14.9 Å². The van der Waals surface area contributed by atoms with E-state index in [1.165, 1.54) is 11.3 Å². The van der Waals surface area contributed by atoms with Crippen molar-refractivity contribution in [2.75, 3.05) is 0 Å². The number of rotatable bonds is 5. The molecule has 2 aromatic heterocycles. The first-order chi connectivity index (χ1) is 8.31. The number of aryl methyl sites for hydroxylation is 1. The Morgan fingerprint density at radius 2 is 2.06 bits per heavy atom. The van der Waals surface area contributed by atoms with E-state index < -0.39 is 0 Å². The molecule has 0 aliphatic carbocycles. The smallest absolute Gasteiger partial charge is 0.0364 e. The van der Waals surface area contributed by atoms with Crippen LogP contribution in [0.2, 0.25) is 0 Å². The lowest BCUT2D eigenvalue weighted by Gasteiger charge is -2.15. The number of pyridine rings is 1. The van der Waals surface area contributed by atoms with Crippen molar-refractivity contribution in [2.24, 2.45) is 0 Å². The average molecular weight is 229 g/mol. The zero-order valence-corrected chi connectivity index (χ0v) is 10.4. The normalized spacial score (nSPS) is 12.6. The summed E-state index contributed by atoms with van der Waals surface area (Å²) in [6.45, 7) is 6.25. The Morgan fingerprint density at radius 3 is 2.76 bits per heavy atom. The number of nitrogens with one attached hydrogen (secondary N) is 1. The standard InChI is InChI=1S/C14H19N3/c1-3-17-10-4-5-14(17)11-16-12(2)13-6-8-15-9-7-13/h4-10,12,16H,3,11H2,1-2H3/t12-/m0/s1. The van der Waals surface area contributed by atoms with Crippen LogP contribution in [-0.4, -0.2) is 9.55 Å². The molecule has 0 fully saturated rings. The number of aromatic nitrogens is 2. The summed E-state index contributed by atoms with van der Waals surface area (Å²) in [5, 5.41) is 3.53. The van der Waals surface area contributed by atoms with Crippen LogP contribution in [0.15, 0.2) is 42.9 Å². The zero-order chi connectivity index (χ0) is 12.1. The zero-order valence-electron chi connectivity index (χ0n) is 10.4. The van der Waals surface area contributed by atoms with E-state index >= 15 is 0 Å². The van der Waals surface area contributed by atoms with E-state index in [0.717, 1.165) is 13.1 Å². The second kappa shape index (κ2) is 5.64. The van der Waals surface area contributed by atoms with Crippen molar-refractivity contribution >= 4 is 0 Å². The summed E-state index contributed by atoms with van der Waals surface area (Å²) < 4.78 is 2.26. The van der Waals surface area contributed by atoms with Crippen LogP contribution in [0, 0.1) is 0 Å². The van der Waals surface area contributed by atoms with E-state index in [-0.39, 0.29) is 0 Å². The minimum Gasteiger partial charge on any atom is -0.351 e. The maximum Gasteiger partial charge on any atom is 0.0364 e. The van der Waals surface area contributed by atoms with Gasteiger partial charge in [0, 0.05) is 43.4 Å². The molecule has 2 rings (SSSR count). The molecular formula is C14H19N3. The number of nitrogens with zero attached hydrogens (tertiary/aromatic N) is 2. The van der Waals surface area contributed by atoms with Crippen LogP contribution in [0.1, 0.15) is 31.1 Å². The fourth-order valence-electron chi connectivity index (χ4n) is 1.95. The molecule has 0 unspecified atom stereocenters. The van der Waals surface area contributed by atoms with Gasteiger partial charge in [-0.05, 0) is 43.7 Å². The first kappa shape index (κ1) is 11.9. The minimum absolute atomic E-state index is 0.346. The molecule has 0 aromatic carbocycles. The average Bonchev–Trinajstić information content (AvgIpc) is 2.84. The summed E-state index contributed by atoms with van der Waals surface area (Å²) in [4.78, 5) is 4.03. The summed E-state index contributed by atoms with van der Waals surface area (Å²) in [6.07, 6.45) is 5.79. The minimum atomic E-state index is 0.346. The molecule has 1 atom stereocenters. The molecule has 0 aliphatic heterocycles. The van der Waals surface area contributed by atoms with Crippen LogP contribution in [0.4, 0.5) is 0 Å². The van der Waals surface area contributed by atoms with Crippen molar-refractivity contribution in [3.63, 3.8) is 0 Å². The highest BCUT2D eigenvalue weighted by atomic mass is 15.0. The molecule has 0 aliphatic rings. The van der Waals surface area contributed by atoms with Gasteiger partial charge in [-0.15, -0.1) is 0 Å². The third-order valence-electron chi connectivity index (χ3n) is 3.06. The summed E-state index contributed by atoms with van der Waals surface area (Å²) in [7, 11) is 0. The molecule has 0 spiro atoms. The Morgan fingerprint density at radius 1 is 1.29 bits per heavy atom. The predicted molar refractivity (Wildman–Crippen MR) is 69.6 cm³/mol. The van der Waals surface area contributed by atoms with Crippen molar-refractivity contribution in [1.29, 1.82) is 0 Å². The lowest BCUT2D eigenvalue weighted by atomic mass is 10.1. The van der Waals surface area contributed by atoms with Crippen LogP contribution in [0.25, 0.3) is 0 Å². The second-order valence-corrected chi connectivity index (χ2v) is 4.17. The lowest BCUT2D eigenvalue weighted by Crippen LogP contribution is -2.19. The Kier molecular flexibility index (Phi) is 3.94. The van der Waals surface area contributed by atoms with Crippen LogP contribution >= 0.6 is 0 Å². The van der Waals surface area contributed by atoms with Gasteiger partial charge >= 0.3 is 0 Å². The molecule has 17 heavy (non-hydrogen) atoms. The van der Waals surface area contributed by atoms with Gasteiger partial charge in [-0.3, -0.25) is 4.98 Å². The highest BCUT2D eigenvalue weighted by molar-refractivity contribution is 5.14. The Labute approximate surface area is 103 Å². The predicted octanol–water partition coefficient (Wildman–Crippen LogP) is 2.75. The molecule has 0 amide bonds. The van der Waals surface area contributed by atoms with Crippen molar-refractivity contribution in [3.8, 4) is 0 Å². The molecule has 2 aromatic rings. The molecule has 0 saturated heterocycles. The van der Waals surface area contributed by atoms with E-state index in [4.69, 9.17) is 0 Å². The van der Waals surface area contributed by atoms with E-state index in [9.17, 15) is 0 Å². The van der Waals surface area contributed by atoms with Gasteiger partial charge in [0.25, 0.3) is 0 Å². The van der Waals surface area contributed by atoms with Gasteiger partial charge in [0.2, 0.25) is 0 Å². The Bertz CT molecular complexity index is 448. The summed E-state index contributed by atoms with van der Waals surface area (Å²) in [5.74, 6) is 0. The monoisotopic (exact) mass is 229 g/mol. The quantitative estimate of drug-likeness (QED) is 0.854. The van der Waals surface area contributed by atoms with Crippen molar-refractivity contribution in [3.05, 3.63) is 54.1 Å². The van der Waals surface area contributed by atoms with Crippen LogP contribution < -0.4 is 5.32 Å². The van der Waals surface area contributed by atoms with Crippen molar-refractivity contribution < 1.29 is 0 Å². The van der Waals surface area contributed by atoms with Gasteiger partial charge in [0.15, 0.2) is 0 Å². The van der Waals surface area contributed by atoms with Crippen LogP contribution in [-0.2, 0) is 13.1 Å². The topological polar surface area (TPSA) is 29.9 Å². The molecule has 0 saturated carbocycles. The maximum absolute atomic E-state index is 4.03. The first-order valence-electron chi connectivity index (χ1n) is 6.08. The van der Waals surface area contributed by atoms with Gasteiger partial charge in [0.1, 0.15) is 0 Å². The Balaban J connectivity index is 1.95. The molecule has 90 valence electrons. The largest absolute Gasteiger partial charge is 0.351 e. The number of hydrogen-bond acceptors (Lipinski definition) is 2. The highest BCUT2D eigenvalue weighted by Crippen LogP contribution is 2.11. The molecule has 2 heterocycles. The molecule has 0 radical (unpaired) electrons. The van der Waals surface area contributed by atoms with Gasteiger partial charge in [-0.1, -0.05) is 0 Å². The Hall–Kier alpha value is -1.61. The summed E-state index contributed by atoms with van der Waals surface area (Å²) >= 11 is 0. The number of hydrogen-bond donors (Lipinski definition) is 1. The molecular weight excluding hydrogens is 210 g/mol. The maximum atomic E-state index is 4.03. The van der Waals surface area contributed by atoms with Gasteiger partial charge < -0.3 is 9.88 Å². The van der Waals surface area contributed by atoms with E-state index in [1.54, 1.807) is 0 Å². The van der Waals surface area contributed by atoms with Gasteiger partial charge in [0.05, 0.1) is 0 Å². The summed E-state index contributed by atoms with van der Waals surface area (Å²) in [6, 6.07) is 8.71. The first-order valence-corrected chi connectivity index (χ1v) is 6.08. The lowest BCUT2D eigenvalue weighted by molar-refractivity contribution is 0.549.